The normalized spacial score (nSPS) is 11.3. The largest absolute Gasteiger partial charge is 0.325 e. The third-order valence-corrected chi connectivity index (χ3v) is 2.80. The van der Waals surface area contributed by atoms with Gasteiger partial charge in [-0.2, -0.15) is 0 Å². The summed E-state index contributed by atoms with van der Waals surface area (Å²) >= 11 is 3.45. The lowest BCUT2D eigenvalue weighted by Crippen LogP contribution is -2.12. The third kappa shape index (κ3) is 3.34. The zero-order valence-corrected chi connectivity index (χ0v) is 11.1. The second kappa shape index (κ2) is 4.35. The number of nitrogens with one attached hydrogen (secondary N) is 1. The molecule has 0 saturated heterocycles. The number of benzene rings is 1. The molecule has 0 unspecified atom stereocenters. The van der Waals surface area contributed by atoms with E-state index in [1.807, 2.05) is 18.2 Å². The Balaban J connectivity index is 3.03. The number of hydrogen-bond donors (Lipinski definition) is 1. The van der Waals surface area contributed by atoms with E-state index in [1.165, 1.54) is 12.5 Å². The van der Waals surface area contributed by atoms with Gasteiger partial charge in [0.1, 0.15) is 0 Å². The Morgan fingerprint density at radius 1 is 1.33 bits per heavy atom. The highest BCUT2D eigenvalue weighted by molar-refractivity contribution is 9.10. The van der Waals surface area contributed by atoms with Crippen LogP contribution in [0.4, 0.5) is 5.69 Å². The molecule has 15 heavy (non-hydrogen) atoms. The van der Waals surface area contributed by atoms with Crippen molar-refractivity contribution in [3.8, 4) is 0 Å². The molecule has 0 aromatic heterocycles. The zero-order chi connectivity index (χ0) is 11.6. The van der Waals surface area contributed by atoms with E-state index in [0.29, 0.717) is 0 Å². The molecule has 0 atom stereocenters. The molecule has 0 spiro atoms. The maximum atomic E-state index is 10.9. The third-order valence-electron chi connectivity index (χ3n) is 2.15. The summed E-state index contributed by atoms with van der Waals surface area (Å²) in [6.45, 7) is 7.98. The smallest absolute Gasteiger partial charge is 0.221 e. The summed E-state index contributed by atoms with van der Waals surface area (Å²) in [6, 6.07) is 6.01. The average molecular weight is 270 g/mol. The van der Waals surface area contributed by atoms with Crippen molar-refractivity contribution in [1.29, 1.82) is 0 Å². The Labute approximate surface area is 99.2 Å². The van der Waals surface area contributed by atoms with Gasteiger partial charge in [-0.25, -0.2) is 0 Å². The van der Waals surface area contributed by atoms with E-state index in [2.05, 4.69) is 42.0 Å². The van der Waals surface area contributed by atoms with Crippen LogP contribution in [0.1, 0.15) is 33.3 Å². The topological polar surface area (TPSA) is 29.1 Å². The maximum absolute atomic E-state index is 10.9. The van der Waals surface area contributed by atoms with Crippen molar-refractivity contribution in [1.82, 2.24) is 0 Å². The minimum absolute atomic E-state index is 0.0563. The van der Waals surface area contributed by atoms with Gasteiger partial charge in [0.25, 0.3) is 0 Å². The lowest BCUT2D eigenvalue weighted by Gasteiger charge is -2.20. The summed E-state index contributed by atoms with van der Waals surface area (Å²) in [6.07, 6.45) is 0. The van der Waals surface area contributed by atoms with Gasteiger partial charge in [-0.15, -0.1) is 0 Å². The van der Waals surface area contributed by atoms with E-state index in [0.717, 1.165) is 10.2 Å². The SMILES string of the molecule is CC(=O)Nc1ccc(C(C)(C)C)cc1Br. The van der Waals surface area contributed by atoms with Crippen LogP contribution >= 0.6 is 15.9 Å². The van der Waals surface area contributed by atoms with E-state index in [-0.39, 0.29) is 11.3 Å². The van der Waals surface area contributed by atoms with Crippen LogP contribution in [0.25, 0.3) is 0 Å². The number of rotatable bonds is 1. The first-order valence-corrected chi connectivity index (χ1v) is 5.67. The average Bonchev–Trinajstić information content (AvgIpc) is 2.05. The van der Waals surface area contributed by atoms with Gasteiger partial charge in [-0.3, -0.25) is 4.79 Å². The first-order valence-electron chi connectivity index (χ1n) is 4.88. The molecule has 0 aliphatic heterocycles. The Morgan fingerprint density at radius 2 is 1.93 bits per heavy atom. The van der Waals surface area contributed by atoms with Gasteiger partial charge in [0, 0.05) is 11.4 Å². The Morgan fingerprint density at radius 3 is 2.33 bits per heavy atom. The van der Waals surface area contributed by atoms with Crippen molar-refractivity contribution in [2.45, 2.75) is 33.1 Å². The molecule has 0 bridgehead atoms. The van der Waals surface area contributed by atoms with Crippen molar-refractivity contribution in [2.24, 2.45) is 0 Å². The van der Waals surface area contributed by atoms with Crippen molar-refractivity contribution in [2.75, 3.05) is 5.32 Å². The van der Waals surface area contributed by atoms with E-state index in [1.54, 1.807) is 0 Å². The van der Waals surface area contributed by atoms with Crippen LogP contribution in [-0.2, 0) is 10.2 Å². The van der Waals surface area contributed by atoms with Crippen LogP contribution in [0.15, 0.2) is 22.7 Å². The molecule has 1 rings (SSSR count). The Bertz CT molecular complexity index is 380. The fourth-order valence-electron chi connectivity index (χ4n) is 1.27. The summed E-state index contributed by atoms with van der Waals surface area (Å²) in [5.74, 6) is -0.0563. The van der Waals surface area contributed by atoms with E-state index >= 15 is 0 Å². The van der Waals surface area contributed by atoms with Crippen LogP contribution in [0.2, 0.25) is 0 Å². The predicted molar refractivity (Wildman–Crippen MR) is 67.1 cm³/mol. The standard InChI is InChI=1S/C12H16BrNO/c1-8(15)14-11-6-5-9(7-10(11)13)12(2,3)4/h5-7H,1-4H3,(H,14,15). The van der Waals surface area contributed by atoms with Gasteiger partial charge >= 0.3 is 0 Å². The van der Waals surface area contributed by atoms with E-state index in [9.17, 15) is 4.79 Å². The van der Waals surface area contributed by atoms with E-state index in [4.69, 9.17) is 0 Å². The fraction of sp³-hybridized carbons (Fsp3) is 0.417. The number of amides is 1. The maximum Gasteiger partial charge on any atom is 0.221 e. The number of carbonyl (C=O) groups excluding carboxylic acids is 1. The van der Waals surface area contributed by atoms with Gasteiger partial charge in [0.2, 0.25) is 5.91 Å². The molecule has 1 aromatic rings. The van der Waals surface area contributed by atoms with Gasteiger partial charge in [-0.05, 0) is 39.0 Å². The van der Waals surface area contributed by atoms with Crippen molar-refractivity contribution >= 4 is 27.5 Å². The summed E-state index contributed by atoms with van der Waals surface area (Å²) in [5.41, 5.74) is 2.18. The molecule has 1 N–H and O–H groups in total. The Kier molecular flexibility index (Phi) is 3.55. The monoisotopic (exact) mass is 269 g/mol. The van der Waals surface area contributed by atoms with Crippen LogP contribution in [0.5, 0.6) is 0 Å². The summed E-state index contributed by atoms with van der Waals surface area (Å²) in [5, 5.41) is 2.77. The molecular weight excluding hydrogens is 254 g/mol. The molecule has 1 aromatic carbocycles. The molecule has 2 nitrogen and oxygen atoms in total. The molecule has 3 heteroatoms. The van der Waals surface area contributed by atoms with E-state index < -0.39 is 0 Å². The number of anilines is 1. The molecule has 0 radical (unpaired) electrons. The molecule has 82 valence electrons. The number of hydrogen-bond acceptors (Lipinski definition) is 1. The van der Waals surface area contributed by atoms with Gasteiger partial charge < -0.3 is 5.32 Å². The molecule has 0 aliphatic rings. The first kappa shape index (κ1) is 12.2. The van der Waals surface area contributed by atoms with Crippen molar-refractivity contribution in [3.63, 3.8) is 0 Å². The highest BCUT2D eigenvalue weighted by Gasteiger charge is 2.14. The highest BCUT2D eigenvalue weighted by Crippen LogP contribution is 2.29. The minimum atomic E-state index is -0.0563. The number of carbonyl (C=O) groups is 1. The van der Waals surface area contributed by atoms with Crippen LogP contribution in [-0.4, -0.2) is 5.91 Å². The first-order chi connectivity index (χ1) is 6.80. The zero-order valence-electron chi connectivity index (χ0n) is 9.52. The summed E-state index contributed by atoms with van der Waals surface area (Å²) in [4.78, 5) is 10.9. The highest BCUT2D eigenvalue weighted by atomic mass is 79.9. The lowest BCUT2D eigenvalue weighted by atomic mass is 9.87. The summed E-state index contributed by atoms with van der Waals surface area (Å²) in [7, 11) is 0. The molecule has 1 amide bonds. The molecular formula is C12H16BrNO. The summed E-state index contributed by atoms with van der Waals surface area (Å²) < 4.78 is 0.921. The number of halogens is 1. The van der Waals surface area contributed by atoms with Crippen molar-refractivity contribution < 1.29 is 4.79 Å². The lowest BCUT2D eigenvalue weighted by molar-refractivity contribution is -0.114. The molecule has 0 saturated carbocycles. The molecule has 0 aliphatic carbocycles. The second-order valence-corrected chi connectivity index (χ2v) is 5.48. The minimum Gasteiger partial charge on any atom is -0.325 e. The van der Waals surface area contributed by atoms with Crippen LogP contribution in [0.3, 0.4) is 0 Å². The molecule has 0 fully saturated rings. The fourth-order valence-corrected chi connectivity index (χ4v) is 1.75. The van der Waals surface area contributed by atoms with Gasteiger partial charge in [0.15, 0.2) is 0 Å². The quantitative estimate of drug-likeness (QED) is 0.828. The Hall–Kier alpha value is -0.830. The van der Waals surface area contributed by atoms with Crippen LogP contribution in [0, 0.1) is 0 Å². The van der Waals surface area contributed by atoms with Crippen LogP contribution < -0.4 is 5.32 Å². The van der Waals surface area contributed by atoms with Crippen molar-refractivity contribution in [3.05, 3.63) is 28.2 Å². The molecule has 0 heterocycles. The second-order valence-electron chi connectivity index (χ2n) is 4.63. The van der Waals surface area contributed by atoms with Gasteiger partial charge in [0.05, 0.1) is 5.69 Å². The van der Waals surface area contributed by atoms with Gasteiger partial charge in [-0.1, -0.05) is 26.8 Å². The predicted octanol–water partition coefficient (Wildman–Crippen LogP) is 3.71.